The Morgan fingerprint density at radius 2 is 2.27 bits per heavy atom. The van der Waals surface area contributed by atoms with E-state index in [9.17, 15) is 0 Å². The molecule has 1 aromatic heterocycles. The van der Waals surface area contributed by atoms with Gasteiger partial charge in [-0.1, -0.05) is 19.9 Å². The summed E-state index contributed by atoms with van der Waals surface area (Å²) in [5.74, 6) is 1.60. The molecular weight excluding hydrogens is 186 g/mol. The van der Waals surface area contributed by atoms with E-state index < -0.39 is 0 Å². The van der Waals surface area contributed by atoms with Gasteiger partial charge in [0.25, 0.3) is 0 Å². The van der Waals surface area contributed by atoms with Gasteiger partial charge < -0.3 is 9.88 Å². The Balaban J connectivity index is 2.25. The number of nitrogens with zero attached hydrogens (tertiary/aromatic N) is 2. The predicted molar refractivity (Wildman–Crippen MR) is 62.3 cm³/mol. The van der Waals surface area contributed by atoms with E-state index in [2.05, 4.69) is 46.9 Å². The average molecular weight is 201 g/mol. The Morgan fingerprint density at radius 3 is 3.07 bits per heavy atom. The van der Waals surface area contributed by atoms with Crippen LogP contribution in [-0.4, -0.2) is 16.1 Å². The van der Waals surface area contributed by atoms with Gasteiger partial charge in [0.2, 0.25) is 5.95 Å². The third-order valence-electron chi connectivity index (χ3n) is 3.06. The SMILES string of the molecule is CC(C)c1ccc2nc3n(c2c1)CCN3. The Kier molecular flexibility index (Phi) is 1.75. The topological polar surface area (TPSA) is 29.9 Å². The number of hydrogen-bond acceptors (Lipinski definition) is 2. The zero-order chi connectivity index (χ0) is 10.4. The van der Waals surface area contributed by atoms with Crippen molar-refractivity contribution in [1.29, 1.82) is 0 Å². The zero-order valence-corrected chi connectivity index (χ0v) is 9.12. The van der Waals surface area contributed by atoms with Crippen LogP contribution in [0.4, 0.5) is 5.95 Å². The van der Waals surface area contributed by atoms with Crippen LogP contribution >= 0.6 is 0 Å². The standard InChI is InChI=1S/C12H15N3/c1-8(2)9-3-4-10-11(7-9)15-6-5-13-12(15)14-10/h3-4,7-8H,5-6H2,1-2H3,(H,13,14). The number of hydrogen-bond donors (Lipinski definition) is 1. The Bertz CT molecular complexity index is 511. The second-order valence-corrected chi connectivity index (χ2v) is 4.42. The number of benzene rings is 1. The lowest BCUT2D eigenvalue weighted by molar-refractivity contribution is 0.831. The number of rotatable bonds is 1. The van der Waals surface area contributed by atoms with Crippen LogP contribution < -0.4 is 5.32 Å². The molecule has 2 heterocycles. The quantitative estimate of drug-likeness (QED) is 0.768. The summed E-state index contributed by atoms with van der Waals surface area (Å²) in [4.78, 5) is 4.55. The lowest BCUT2D eigenvalue weighted by Gasteiger charge is -2.05. The Morgan fingerprint density at radius 1 is 1.40 bits per heavy atom. The van der Waals surface area contributed by atoms with Gasteiger partial charge in [-0.3, -0.25) is 0 Å². The van der Waals surface area contributed by atoms with Crippen LogP contribution in [0.5, 0.6) is 0 Å². The van der Waals surface area contributed by atoms with E-state index in [1.54, 1.807) is 0 Å². The van der Waals surface area contributed by atoms with Crippen molar-refractivity contribution in [2.24, 2.45) is 0 Å². The fourth-order valence-corrected chi connectivity index (χ4v) is 2.14. The summed E-state index contributed by atoms with van der Waals surface area (Å²) in [6.07, 6.45) is 0. The summed E-state index contributed by atoms with van der Waals surface area (Å²) in [5.41, 5.74) is 3.75. The van der Waals surface area contributed by atoms with Crippen molar-refractivity contribution in [3.63, 3.8) is 0 Å². The first-order valence-electron chi connectivity index (χ1n) is 5.50. The van der Waals surface area contributed by atoms with Crippen LogP contribution in [0, 0.1) is 0 Å². The highest BCUT2D eigenvalue weighted by atomic mass is 15.3. The molecule has 1 N–H and O–H groups in total. The van der Waals surface area contributed by atoms with E-state index in [0.29, 0.717) is 5.92 Å². The third-order valence-corrected chi connectivity index (χ3v) is 3.06. The minimum Gasteiger partial charge on any atom is -0.354 e. The molecule has 0 spiro atoms. The monoisotopic (exact) mass is 201 g/mol. The summed E-state index contributed by atoms with van der Waals surface area (Å²) >= 11 is 0. The molecule has 0 saturated heterocycles. The largest absolute Gasteiger partial charge is 0.354 e. The first-order chi connectivity index (χ1) is 7.25. The van der Waals surface area contributed by atoms with E-state index in [0.717, 1.165) is 24.6 Å². The molecule has 3 nitrogen and oxygen atoms in total. The molecule has 0 bridgehead atoms. The van der Waals surface area contributed by atoms with E-state index in [1.807, 2.05) is 0 Å². The van der Waals surface area contributed by atoms with Crippen molar-refractivity contribution in [2.45, 2.75) is 26.3 Å². The molecule has 1 aliphatic heterocycles. The number of anilines is 1. The molecule has 0 atom stereocenters. The average Bonchev–Trinajstić information content (AvgIpc) is 2.75. The van der Waals surface area contributed by atoms with Crippen LogP contribution in [-0.2, 0) is 6.54 Å². The fraction of sp³-hybridized carbons (Fsp3) is 0.417. The van der Waals surface area contributed by atoms with Crippen molar-refractivity contribution in [3.8, 4) is 0 Å². The highest BCUT2D eigenvalue weighted by molar-refractivity contribution is 5.80. The Hall–Kier alpha value is -1.51. The molecule has 0 fully saturated rings. The van der Waals surface area contributed by atoms with E-state index in [4.69, 9.17) is 0 Å². The second kappa shape index (κ2) is 2.99. The molecule has 1 aliphatic rings. The summed E-state index contributed by atoms with van der Waals surface area (Å²) in [5, 5.41) is 3.29. The van der Waals surface area contributed by atoms with Crippen molar-refractivity contribution in [1.82, 2.24) is 9.55 Å². The summed E-state index contributed by atoms with van der Waals surface area (Å²) in [6.45, 7) is 6.49. The lowest BCUT2D eigenvalue weighted by atomic mass is 10.0. The minimum atomic E-state index is 0.579. The van der Waals surface area contributed by atoms with Crippen LogP contribution in [0.25, 0.3) is 11.0 Å². The number of imidazole rings is 1. The summed E-state index contributed by atoms with van der Waals surface area (Å²) in [7, 11) is 0. The van der Waals surface area contributed by atoms with Gasteiger partial charge in [0.05, 0.1) is 11.0 Å². The van der Waals surface area contributed by atoms with Gasteiger partial charge in [-0.15, -0.1) is 0 Å². The molecular formula is C12H15N3. The van der Waals surface area contributed by atoms with E-state index in [1.165, 1.54) is 11.1 Å². The first-order valence-corrected chi connectivity index (χ1v) is 5.50. The van der Waals surface area contributed by atoms with Gasteiger partial charge in [-0.25, -0.2) is 4.98 Å². The maximum absolute atomic E-state index is 4.55. The number of fused-ring (bicyclic) bond motifs is 3. The Labute approximate surface area is 89.1 Å². The van der Waals surface area contributed by atoms with Crippen LogP contribution in [0.1, 0.15) is 25.3 Å². The molecule has 3 heteroatoms. The molecule has 2 aromatic rings. The van der Waals surface area contributed by atoms with Crippen molar-refractivity contribution in [3.05, 3.63) is 23.8 Å². The molecule has 0 aliphatic carbocycles. The van der Waals surface area contributed by atoms with Gasteiger partial charge in [-0.05, 0) is 23.6 Å². The van der Waals surface area contributed by atoms with Crippen LogP contribution in [0.15, 0.2) is 18.2 Å². The van der Waals surface area contributed by atoms with Crippen molar-refractivity contribution >= 4 is 17.0 Å². The summed E-state index contributed by atoms with van der Waals surface area (Å²) in [6, 6.07) is 6.57. The smallest absolute Gasteiger partial charge is 0.204 e. The predicted octanol–water partition coefficient (Wildman–Crippen LogP) is 2.59. The maximum Gasteiger partial charge on any atom is 0.204 e. The fourth-order valence-electron chi connectivity index (χ4n) is 2.14. The number of aromatic nitrogens is 2. The maximum atomic E-state index is 4.55. The molecule has 3 rings (SSSR count). The van der Waals surface area contributed by atoms with Gasteiger partial charge in [0, 0.05) is 13.1 Å². The highest BCUT2D eigenvalue weighted by Gasteiger charge is 2.15. The van der Waals surface area contributed by atoms with Crippen LogP contribution in [0.2, 0.25) is 0 Å². The molecule has 0 radical (unpaired) electrons. The normalized spacial score (nSPS) is 14.6. The molecule has 1 aromatic carbocycles. The van der Waals surface area contributed by atoms with E-state index >= 15 is 0 Å². The van der Waals surface area contributed by atoms with E-state index in [-0.39, 0.29) is 0 Å². The minimum absolute atomic E-state index is 0.579. The molecule has 78 valence electrons. The van der Waals surface area contributed by atoms with Gasteiger partial charge in [0.1, 0.15) is 0 Å². The van der Waals surface area contributed by atoms with Crippen LogP contribution in [0.3, 0.4) is 0 Å². The molecule has 0 amide bonds. The molecule has 15 heavy (non-hydrogen) atoms. The molecule has 0 unspecified atom stereocenters. The highest BCUT2D eigenvalue weighted by Crippen LogP contribution is 2.26. The first kappa shape index (κ1) is 8.77. The second-order valence-electron chi connectivity index (χ2n) is 4.42. The lowest BCUT2D eigenvalue weighted by Crippen LogP contribution is -1.95. The van der Waals surface area contributed by atoms with Crippen molar-refractivity contribution in [2.75, 3.05) is 11.9 Å². The third kappa shape index (κ3) is 1.23. The van der Waals surface area contributed by atoms with Gasteiger partial charge in [-0.2, -0.15) is 0 Å². The number of nitrogens with one attached hydrogen (secondary N) is 1. The zero-order valence-electron chi connectivity index (χ0n) is 9.12. The van der Waals surface area contributed by atoms with Gasteiger partial charge in [0.15, 0.2) is 0 Å². The van der Waals surface area contributed by atoms with Crippen molar-refractivity contribution < 1.29 is 0 Å². The summed E-state index contributed by atoms with van der Waals surface area (Å²) < 4.78 is 2.27. The van der Waals surface area contributed by atoms with Gasteiger partial charge >= 0.3 is 0 Å². The molecule has 0 saturated carbocycles.